The van der Waals surface area contributed by atoms with Crippen molar-refractivity contribution in [2.24, 2.45) is 17.3 Å². The highest BCUT2D eigenvalue weighted by atomic mass is 16.4. The zero-order valence-electron chi connectivity index (χ0n) is 16.6. The molecule has 3 N–H and O–H groups in total. The Bertz CT molecular complexity index is 739. The fourth-order valence-corrected chi connectivity index (χ4v) is 3.04. The van der Waals surface area contributed by atoms with Crippen LogP contribution >= 0.6 is 0 Å². The number of urea groups is 1. The molecule has 1 aromatic rings. The molecule has 27 heavy (non-hydrogen) atoms. The highest BCUT2D eigenvalue weighted by Gasteiger charge is 2.32. The van der Waals surface area contributed by atoms with Crippen LogP contribution < -0.4 is 10.6 Å². The molecule has 1 saturated heterocycles. The molecule has 7 nitrogen and oxygen atoms in total. The third-order valence-electron chi connectivity index (χ3n) is 4.71. The third kappa shape index (κ3) is 5.45. The maximum absolute atomic E-state index is 12.7. The van der Waals surface area contributed by atoms with E-state index in [1.165, 1.54) is 0 Å². The number of amides is 3. The molecule has 1 aliphatic rings. The van der Waals surface area contributed by atoms with E-state index >= 15 is 0 Å². The Morgan fingerprint density at radius 2 is 1.81 bits per heavy atom. The summed E-state index contributed by atoms with van der Waals surface area (Å²) in [6.07, 6.45) is 0.576. The molecule has 2 rings (SSSR count). The van der Waals surface area contributed by atoms with Gasteiger partial charge in [-0.25, -0.2) is 4.79 Å². The number of rotatable bonds is 3. The van der Waals surface area contributed by atoms with Crippen LogP contribution in [0.25, 0.3) is 0 Å². The zero-order chi connectivity index (χ0) is 20.4. The van der Waals surface area contributed by atoms with E-state index in [0.717, 1.165) is 5.56 Å². The standard InChI is InChI=1S/C20H29N3O4/c1-12-8-14(17(24)25)11-23(10-12)19(27)22-16-9-15(7-6-13(16)2)21-18(26)20(3,4)5/h6-7,9,12,14H,8,10-11H2,1-5H3,(H,21,26)(H,22,27)(H,24,25). The van der Waals surface area contributed by atoms with Gasteiger partial charge in [0, 0.05) is 29.9 Å². The van der Waals surface area contributed by atoms with Gasteiger partial charge in [-0.2, -0.15) is 0 Å². The number of carbonyl (C=O) groups excluding carboxylic acids is 2. The number of aryl methyl sites for hydroxylation is 1. The molecule has 0 aromatic heterocycles. The lowest BCUT2D eigenvalue weighted by Crippen LogP contribution is -2.47. The van der Waals surface area contributed by atoms with Gasteiger partial charge in [-0.15, -0.1) is 0 Å². The van der Waals surface area contributed by atoms with Crippen molar-refractivity contribution in [2.45, 2.75) is 41.0 Å². The molecule has 3 amide bonds. The molecule has 2 atom stereocenters. The Hall–Kier alpha value is -2.57. The van der Waals surface area contributed by atoms with Gasteiger partial charge in [0.05, 0.1) is 5.92 Å². The molecule has 7 heteroatoms. The van der Waals surface area contributed by atoms with E-state index in [1.54, 1.807) is 17.0 Å². The van der Waals surface area contributed by atoms with E-state index in [4.69, 9.17) is 0 Å². The number of carbonyl (C=O) groups is 3. The Morgan fingerprint density at radius 1 is 1.15 bits per heavy atom. The minimum Gasteiger partial charge on any atom is -0.481 e. The molecule has 1 fully saturated rings. The zero-order valence-corrected chi connectivity index (χ0v) is 16.6. The smallest absolute Gasteiger partial charge is 0.321 e. The summed E-state index contributed by atoms with van der Waals surface area (Å²) in [5.74, 6) is -1.40. The molecule has 148 valence electrons. The molecular weight excluding hydrogens is 346 g/mol. The van der Waals surface area contributed by atoms with Crippen LogP contribution in [0.4, 0.5) is 16.2 Å². The van der Waals surface area contributed by atoms with Crippen molar-refractivity contribution in [1.29, 1.82) is 0 Å². The first-order valence-electron chi connectivity index (χ1n) is 9.18. The largest absolute Gasteiger partial charge is 0.481 e. The molecule has 0 saturated carbocycles. The van der Waals surface area contributed by atoms with E-state index in [9.17, 15) is 19.5 Å². The van der Waals surface area contributed by atoms with Crippen molar-refractivity contribution >= 4 is 29.3 Å². The molecule has 0 spiro atoms. The summed E-state index contributed by atoms with van der Waals surface area (Å²) in [7, 11) is 0. The number of nitrogens with one attached hydrogen (secondary N) is 2. The van der Waals surface area contributed by atoms with Crippen molar-refractivity contribution in [3.8, 4) is 0 Å². The molecule has 0 bridgehead atoms. The highest BCUT2D eigenvalue weighted by Crippen LogP contribution is 2.25. The van der Waals surface area contributed by atoms with Crippen molar-refractivity contribution in [3.05, 3.63) is 23.8 Å². The maximum Gasteiger partial charge on any atom is 0.321 e. The van der Waals surface area contributed by atoms with E-state index < -0.39 is 17.3 Å². The van der Waals surface area contributed by atoms with Gasteiger partial charge in [0.1, 0.15) is 0 Å². The first-order valence-corrected chi connectivity index (χ1v) is 9.18. The molecule has 0 aliphatic carbocycles. The minimum atomic E-state index is -0.873. The fraction of sp³-hybridized carbons (Fsp3) is 0.550. The van der Waals surface area contributed by atoms with Crippen molar-refractivity contribution in [2.75, 3.05) is 23.7 Å². The van der Waals surface area contributed by atoms with Crippen LogP contribution in [0.1, 0.15) is 39.7 Å². The van der Waals surface area contributed by atoms with Gasteiger partial charge in [0.2, 0.25) is 5.91 Å². The average Bonchev–Trinajstić information content (AvgIpc) is 2.56. The van der Waals surface area contributed by atoms with Crippen molar-refractivity contribution < 1.29 is 19.5 Å². The van der Waals surface area contributed by atoms with Crippen LogP contribution in [0, 0.1) is 24.2 Å². The summed E-state index contributed by atoms with van der Waals surface area (Å²) in [5, 5.41) is 15.0. The molecule has 1 heterocycles. The number of nitrogens with zero attached hydrogens (tertiary/aromatic N) is 1. The monoisotopic (exact) mass is 375 g/mol. The second-order valence-electron chi connectivity index (χ2n) is 8.44. The maximum atomic E-state index is 12.7. The quantitative estimate of drug-likeness (QED) is 0.752. The van der Waals surface area contributed by atoms with Gasteiger partial charge in [0.15, 0.2) is 0 Å². The van der Waals surface area contributed by atoms with Crippen LogP contribution in [0.2, 0.25) is 0 Å². The lowest BCUT2D eigenvalue weighted by molar-refractivity contribution is -0.143. The number of anilines is 2. The highest BCUT2D eigenvalue weighted by molar-refractivity contribution is 5.96. The van der Waals surface area contributed by atoms with Gasteiger partial charge in [0.25, 0.3) is 0 Å². The summed E-state index contributed by atoms with van der Waals surface area (Å²) in [5.41, 5.74) is 1.53. The number of carboxylic acid groups (broad SMARTS) is 1. The Morgan fingerprint density at radius 3 is 2.41 bits per heavy atom. The molecule has 0 radical (unpaired) electrons. The third-order valence-corrected chi connectivity index (χ3v) is 4.71. The molecule has 2 unspecified atom stereocenters. The second kappa shape index (κ2) is 7.98. The summed E-state index contributed by atoms with van der Waals surface area (Å²) in [4.78, 5) is 37.7. The Labute approximate surface area is 160 Å². The number of piperidine rings is 1. The summed E-state index contributed by atoms with van der Waals surface area (Å²) in [6.45, 7) is 10.0. The number of aliphatic carboxylic acids is 1. The normalized spacial score (nSPS) is 20.1. The number of hydrogen-bond donors (Lipinski definition) is 3. The summed E-state index contributed by atoms with van der Waals surface area (Å²) < 4.78 is 0. The molecule has 1 aromatic carbocycles. The number of hydrogen-bond acceptors (Lipinski definition) is 3. The minimum absolute atomic E-state index is 0.113. The number of carboxylic acids is 1. The number of likely N-dealkylation sites (tertiary alicyclic amines) is 1. The van der Waals surface area contributed by atoms with Crippen LogP contribution in [0.15, 0.2) is 18.2 Å². The predicted molar refractivity (Wildman–Crippen MR) is 105 cm³/mol. The Balaban J connectivity index is 2.12. The van der Waals surface area contributed by atoms with Gasteiger partial charge in [-0.3, -0.25) is 9.59 Å². The lowest BCUT2D eigenvalue weighted by Gasteiger charge is -2.34. The van der Waals surface area contributed by atoms with Crippen LogP contribution in [-0.4, -0.2) is 41.0 Å². The van der Waals surface area contributed by atoms with E-state index in [2.05, 4.69) is 10.6 Å². The Kier molecular flexibility index (Phi) is 6.13. The first kappa shape index (κ1) is 20.7. The summed E-state index contributed by atoms with van der Waals surface area (Å²) >= 11 is 0. The average molecular weight is 375 g/mol. The molecule has 1 aliphatic heterocycles. The van der Waals surface area contributed by atoms with E-state index in [-0.39, 0.29) is 24.4 Å². The van der Waals surface area contributed by atoms with Gasteiger partial charge in [-0.1, -0.05) is 33.8 Å². The predicted octanol–water partition coefficient (Wildman–Crippen LogP) is 3.55. The first-order chi connectivity index (χ1) is 12.5. The number of benzene rings is 1. The van der Waals surface area contributed by atoms with Gasteiger partial charge >= 0.3 is 12.0 Å². The van der Waals surface area contributed by atoms with Gasteiger partial charge < -0.3 is 20.6 Å². The fourth-order valence-electron chi connectivity index (χ4n) is 3.04. The second-order valence-corrected chi connectivity index (χ2v) is 8.44. The van der Waals surface area contributed by atoms with Crippen LogP contribution in [0.3, 0.4) is 0 Å². The van der Waals surface area contributed by atoms with Crippen molar-refractivity contribution in [1.82, 2.24) is 4.90 Å². The molecular formula is C20H29N3O4. The van der Waals surface area contributed by atoms with Gasteiger partial charge in [-0.05, 0) is 37.0 Å². The lowest BCUT2D eigenvalue weighted by atomic mass is 9.91. The van der Waals surface area contributed by atoms with Crippen LogP contribution in [-0.2, 0) is 9.59 Å². The van der Waals surface area contributed by atoms with E-state index in [0.29, 0.717) is 24.3 Å². The van der Waals surface area contributed by atoms with Crippen LogP contribution in [0.5, 0.6) is 0 Å². The SMILES string of the molecule is Cc1ccc(NC(=O)C(C)(C)C)cc1NC(=O)N1CC(C)CC(C(=O)O)C1. The van der Waals surface area contributed by atoms with E-state index in [1.807, 2.05) is 40.7 Å². The summed E-state index contributed by atoms with van der Waals surface area (Å²) in [6, 6.07) is 5.01. The topological polar surface area (TPSA) is 98.7 Å². The van der Waals surface area contributed by atoms with Crippen molar-refractivity contribution in [3.63, 3.8) is 0 Å².